The van der Waals surface area contributed by atoms with E-state index in [4.69, 9.17) is 0 Å². The molecule has 2 aliphatic rings. The van der Waals surface area contributed by atoms with Crippen molar-refractivity contribution in [1.29, 1.82) is 0 Å². The van der Waals surface area contributed by atoms with Crippen molar-refractivity contribution in [3.8, 4) is 0 Å². The smallest absolute Gasteiger partial charge is 0.137 e. The molecule has 0 saturated heterocycles. The minimum absolute atomic E-state index is 0.589. The molecular formula is C13H18N4. The Morgan fingerprint density at radius 1 is 1.29 bits per heavy atom. The SMILES string of the molecule is c1cnc(NC2CCCC2)c(C2=NCCN2)c1. The van der Waals surface area contributed by atoms with Gasteiger partial charge in [0.1, 0.15) is 11.7 Å². The Bertz CT molecular complexity index is 421. The predicted molar refractivity (Wildman–Crippen MR) is 69.5 cm³/mol. The quantitative estimate of drug-likeness (QED) is 0.832. The Labute approximate surface area is 102 Å². The fourth-order valence-electron chi connectivity index (χ4n) is 2.55. The Kier molecular flexibility index (Phi) is 2.94. The van der Waals surface area contributed by atoms with Crippen LogP contribution < -0.4 is 10.6 Å². The van der Waals surface area contributed by atoms with Gasteiger partial charge in [0.25, 0.3) is 0 Å². The van der Waals surface area contributed by atoms with Gasteiger partial charge < -0.3 is 10.6 Å². The molecule has 0 radical (unpaired) electrons. The largest absolute Gasteiger partial charge is 0.368 e. The summed E-state index contributed by atoms with van der Waals surface area (Å²) >= 11 is 0. The molecule has 0 spiro atoms. The molecule has 17 heavy (non-hydrogen) atoms. The molecule has 1 aliphatic carbocycles. The third-order valence-corrected chi connectivity index (χ3v) is 3.43. The van der Waals surface area contributed by atoms with Gasteiger partial charge in [-0.3, -0.25) is 4.99 Å². The number of anilines is 1. The van der Waals surface area contributed by atoms with Crippen molar-refractivity contribution in [1.82, 2.24) is 10.3 Å². The van der Waals surface area contributed by atoms with Gasteiger partial charge in [0, 0.05) is 18.8 Å². The first-order valence-electron chi connectivity index (χ1n) is 6.44. The second-order valence-corrected chi connectivity index (χ2v) is 4.68. The molecule has 1 saturated carbocycles. The van der Waals surface area contributed by atoms with Gasteiger partial charge in [-0.1, -0.05) is 12.8 Å². The maximum absolute atomic E-state index is 4.47. The van der Waals surface area contributed by atoms with Crippen molar-refractivity contribution in [2.75, 3.05) is 18.4 Å². The van der Waals surface area contributed by atoms with Crippen LogP contribution in [0.2, 0.25) is 0 Å². The molecule has 2 N–H and O–H groups in total. The Morgan fingerprint density at radius 2 is 2.18 bits per heavy atom. The third kappa shape index (κ3) is 2.25. The minimum Gasteiger partial charge on any atom is -0.368 e. The summed E-state index contributed by atoms with van der Waals surface area (Å²) in [6.07, 6.45) is 7.03. The zero-order valence-corrected chi connectivity index (χ0v) is 9.95. The van der Waals surface area contributed by atoms with Crippen LogP contribution in [0.15, 0.2) is 23.3 Å². The molecule has 4 nitrogen and oxygen atoms in total. The number of nitrogens with one attached hydrogen (secondary N) is 2. The van der Waals surface area contributed by atoms with E-state index in [-0.39, 0.29) is 0 Å². The molecule has 90 valence electrons. The average molecular weight is 230 g/mol. The van der Waals surface area contributed by atoms with Gasteiger partial charge in [0.15, 0.2) is 0 Å². The van der Waals surface area contributed by atoms with Crippen LogP contribution in [0.25, 0.3) is 0 Å². The molecule has 1 aromatic rings. The van der Waals surface area contributed by atoms with Gasteiger partial charge in [0.2, 0.25) is 0 Å². The summed E-state index contributed by atoms with van der Waals surface area (Å²) < 4.78 is 0. The fourth-order valence-corrected chi connectivity index (χ4v) is 2.55. The Hall–Kier alpha value is -1.58. The van der Waals surface area contributed by atoms with Crippen molar-refractivity contribution in [3.63, 3.8) is 0 Å². The molecule has 3 rings (SSSR count). The molecular weight excluding hydrogens is 212 g/mol. The number of aromatic nitrogens is 1. The van der Waals surface area contributed by atoms with Crippen LogP contribution in [-0.4, -0.2) is 30.0 Å². The standard InChI is InChI=1S/C13H18N4/c1-2-5-10(4-1)17-13-11(6-3-7-14-13)12-15-8-9-16-12/h3,6-7,10H,1-2,4-5,8-9H2,(H,14,17)(H,15,16). The summed E-state index contributed by atoms with van der Waals surface area (Å²) in [4.78, 5) is 8.92. The number of aliphatic imine (C=N–C) groups is 1. The summed E-state index contributed by atoms with van der Waals surface area (Å²) in [5, 5.41) is 6.86. The van der Waals surface area contributed by atoms with Gasteiger partial charge in [-0.05, 0) is 25.0 Å². The number of amidine groups is 1. The van der Waals surface area contributed by atoms with E-state index in [2.05, 4.69) is 26.7 Å². The van der Waals surface area contributed by atoms with Crippen LogP contribution in [0.4, 0.5) is 5.82 Å². The molecule has 0 amide bonds. The predicted octanol–water partition coefficient (Wildman–Crippen LogP) is 1.79. The molecule has 4 heteroatoms. The summed E-state index contributed by atoms with van der Waals surface area (Å²) in [6, 6.07) is 4.64. The van der Waals surface area contributed by atoms with Gasteiger partial charge in [-0.2, -0.15) is 0 Å². The summed E-state index contributed by atoms with van der Waals surface area (Å²) in [5.41, 5.74) is 1.11. The lowest BCUT2D eigenvalue weighted by atomic mass is 10.2. The lowest BCUT2D eigenvalue weighted by Crippen LogP contribution is -2.23. The second-order valence-electron chi connectivity index (χ2n) is 4.68. The second kappa shape index (κ2) is 4.73. The van der Waals surface area contributed by atoms with Gasteiger partial charge in [-0.15, -0.1) is 0 Å². The average Bonchev–Trinajstić information content (AvgIpc) is 3.01. The fraction of sp³-hybridized carbons (Fsp3) is 0.538. The molecule has 1 aromatic heterocycles. The van der Waals surface area contributed by atoms with Crippen LogP contribution >= 0.6 is 0 Å². The number of hydrogen-bond donors (Lipinski definition) is 2. The highest BCUT2D eigenvalue weighted by atomic mass is 15.1. The van der Waals surface area contributed by atoms with Crippen molar-refractivity contribution in [2.45, 2.75) is 31.7 Å². The van der Waals surface area contributed by atoms with E-state index in [1.54, 1.807) is 0 Å². The third-order valence-electron chi connectivity index (χ3n) is 3.43. The topological polar surface area (TPSA) is 49.3 Å². The van der Waals surface area contributed by atoms with Crippen molar-refractivity contribution in [3.05, 3.63) is 23.9 Å². The molecule has 0 aromatic carbocycles. The van der Waals surface area contributed by atoms with Crippen LogP contribution in [-0.2, 0) is 0 Å². The summed E-state index contributed by atoms with van der Waals surface area (Å²) in [5.74, 6) is 1.96. The molecule has 0 bridgehead atoms. The lowest BCUT2D eigenvalue weighted by molar-refractivity contribution is 0.750. The highest BCUT2D eigenvalue weighted by Crippen LogP contribution is 2.23. The van der Waals surface area contributed by atoms with Gasteiger partial charge >= 0.3 is 0 Å². The van der Waals surface area contributed by atoms with E-state index in [0.29, 0.717) is 6.04 Å². The molecule has 2 heterocycles. The van der Waals surface area contributed by atoms with Crippen LogP contribution in [0, 0.1) is 0 Å². The monoisotopic (exact) mass is 230 g/mol. The van der Waals surface area contributed by atoms with E-state index in [9.17, 15) is 0 Å². The van der Waals surface area contributed by atoms with E-state index in [1.807, 2.05) is 12.3 Å². The maximum Gasteiger partial charge on any atom is 0.137 e. The normalized spacial score (nSPS) is 20.1. The first-order chi connectivity index (χ1) is 8.43. The number of nitrogens with zero attached hydrogens (tertiary/aromatic N) is 2. The number of hydrogen-bond acceptors (Lipinski definition) is 4. The Morgan fingerprint density at radius 3 is 2.94 bits per heavy atom. The van der Waals surface area contributed by atoms with Crippen LogP contribution in [0.5, 0.6) is 0 Å². The van der Waals surface area contributed by atoms with Crippen LogP contribution in [0.3, 0.4) is 0 Å². The van der Waals surface area contributed by atoms with E-state index >= 15 is 0 Å². The van der Waals surface area contributed by atoms with Crippen molar-refractivity contribution >= 4 is 11.7 Å². The van der Waals surface area contributed by atoms with Crippen molar-refractivity contribution in [2.24, 2.45) is 4.99 Å². The summed E-state index contributed by atoms with van der Waals surface area (Å²) in [7, 11) is 0. The zero-order valence-electron chi connectivity index (χ0n) is 9.95. The maximum atomic E-state index is 4.47. The van der Waals surface area contributed by atoms with E-state index in [1.165, 1.54) is 25.7 Å². The molecule has 0 unspecified atom stereocenters. The summed E-state index contributed by atoms with van der Waals surface area (Å²) in [6.45, 7) is 1.81. The molecule has 0 atom stereocenters. The number of pyridine rings is 1. The van der Waals surface area contributed by atoms with Gasteiger partial charge in [-0.25, -0.2) is 4.98 Å². The zero-order chi connectivity index (χ0) is 11.5. The first-order valence-corrected chi connectivity index (χ1v) is 6.44. The Balaban J connectivity index is 1.82. The van der Waals surface area contributed by atoms with Gasteiger partial charge in [0.05, 0.1) is 12.1 Å². The molecule has 1 fully saturated rings. The number of rotatable bonds is 3. The minimum atomic E-state index is 0.589. The van der Waals surface area contributed by atoms with Crippen molar-refractivity contribution < 1.29 is 0 Å². The highest BCUT2D eigenvalue weighted by Gasteiger charge is 2.18. The lowest BCUT2D eigenvalue weighted by Gasteiger charge is -2.15. The highest BCUT2D eigenvalue weighted by molar-refractivity contribution is 6.03. The molecule has 1 aliphatic heterocycles. The first kappa shape index (κ1) is 10.6. The van der Waals surface area contributed by atoms with E-state index in [0.717, 1.165) is 30.3 Å². The van der Waals surface area contributed by atoms with E-state index < -0.39 is 0 Å². The van der Waals surface area contributed by atoms with Crippen LogP contribution in [0.1, 0.15) is 31.2 Å².